The zero-order valence-corrected chi connectivity index (χ0v) is 15.6. The predicted octanol–water partition coefficient (Wildman–Crippen LogP) is 3.43. The molecule has 2 aromatic rings. The van der Waals surface area contributed by atoms with E-state index in [1.165, 1.54) is 0 Å². The van der Waals surface area contributed by atoms with Gasteiger partial charge in [-0.1, -0.05) is 19.4 Å². The maximum Gasteiger partial charge on any atom is 0.268 e. The van der Waals surface area contributed by atoms with Crippen molar-refractivity contribution in [2.24, 2.45) is 0 Å². The molecule has 6 heteroatoms. The largest absolute Gasteiger partial charge is 0.507 e. The molecular formula is C19H18BrNO4. The highest BCUT2D eigenvalue weighted by Gasteiger charge is 2.23. The SMILES string of the molecule is CCCCOc1c(/C=C2/C=Cc3cc(O)c(Br)cc3N2C)c(=O)c1=O. The molecule has 5 nitrogen and oxygen atoms in total. The van der Waals surface area contributed by atoms with E-state index < -0.39 is 10.9 Å². The highest BCUT2D eigenvalue weighted by molar-refractivity contribution is 9.10. The van der Waals surface area contributed by atoms with Crippen LogP contribution in [0, 0.1) is 0 Å². The highest BCUT2D eigenvalue weighted by atomic mass is 79.9. The molecule has 0 aromatic heterocycles. The quantitative estimate of drug-likeness (QED) is 0.611. The Bertz CT molecular complexity index is 951. The molecule has 130 valence electrons. The maximum atomic E-state index is 11.9. The molecule has 1 aliphatic heterocycles. The fourth-order valence-electron chi connectivity index (χ4n) is 2.69. The average Bonchev–Trinajstić information content (AvgIpc) is 2.60. The predicted molar refractivity (Wildman–Crippen MR) is 103 cm³/mol. The van der Waals surface area contributed by atoms with E-state index in [1.807, 2.05) is 37.1 Å². The normalized spacial score (nSPS) is 15.0. The summed E-state index contributed by atoms with van der Waals surface area (Å²) in [6.45, 7) is 2.46. The van der Waals surface area contributed by atoms with Crippen molar-refractivity contribution >= 4 is 33.8 Å². The monoisotopic (exact) mass is 403 g/mol. The molecule has 1 aliphatic rings. The molecule has 3 rings (SSSR count). The number of allylic oxidation sites excluding steroid dienone is 1. The van der Waals surface area contributed by atoms with Crippen molar-refractivity contribution in [3.05, 3.63) is 60.0 Å². The molecule has 0 amide bonds. The fraction of sp³-hybridized carbons (Fsp3) is 0.263. The molecule has 1 N–H and O–H groups in total. The van der Waals surface area contributed by atoms with Gasteiger partial charge in [-0.05, 0) is 46.6 Å². The smallest absolute Gasteiger partial charge is 0.268 e. The first-order chi connectivity index (χ1) is 11.9. The number of hydrogen-bond acceptors (Lipinski definition) is 5. The first kappa shape index (κ1) is 17.5. The molecule has 0 radical (unpaired) electrons. The van der Waals surface area contributed by atoms with Gasteiger partial charge in [0.25, 0.3) is 5.43 Å². The minimum Gasteiger partial charge on any atom is -0.507 e. The molecule has 0 spiro atoms. The van der Waals surface area contributed by atoms with E-state index in [0.29, 0.717) is 16.6 Å². The number of hydrogen-bond donors (Lipinski definition) is 1. The zero-order chi connectivity index (χ0) is 18.1. The standard InChI is InChI=1S/C19H18BrNO4/c1-3-4-7-25-19-13(17(23)18(19)24)9-12-6-5-11-8-16(22)14(20)10-15(11)21(12)2/h5-6,8-10,22H,3-4,7H2,1-2H3/b12-9-. The summed E-state index contributed by atoms with van der Waals surface area (Å²) in [6, 6.07) is 3.47. The number of likely N-dealkylation sites (N-methyl/N-ethyl adjacent to an activating group) is 1. The topological polar surface area (TPSA) is 66.8 Å². The average molecular weight is 404 g/mol. The van der Waals surface area contributed by atoms with Gasteiger partial charge in [0, 0.05) is 24.0 Å². The lowest BCUT2D eigenvalue weighted by molar-refractivity contribution is 0.302. The fourth-order valence-corrected chi connectivity index (χ4v) is 3.02. The molecule has 0 fully saturated rings. The summed E-state index contributed by atoms with van der Waals surface area (Å²) in [5.74, 6) is 0.323. The highest BCUT2D eigenvalue weighted by Crippen LogP contribution is 2.37. The molecule has 0 aliphatic carbocycles. The van der Waals surface area contributed by atoms with Crippen LogP contribution in [0.2, 0.25) is 0 Å². The Kier molecular flexibility index (Phi) is 4.81. The summed E-state index contributed by atoms with van der Waals surface area (Å²) >= 11 is 3.31. The van der Waals surface area contributed by atoms with Gasteiger partial charge in [-0.3, -0.25) is 9.59 Å². The number of unbranched alkanes of at least 4 members (excludes halogenated alkanes) is 1. The first-order valence-electron chi connectivity index (χ1n) is 8.06. The van der Waals surface area contributed by atoms with Gasteiger partial charge >= 0.3 is 0 Å². The van der Waals surface area contributed by atoms with E-state index in [2.05, 4.69) is 15.9 Å². The van der Waals surface area contributed by atoms with Crippen LogP contribution in [-0.4, -0.2) is 18.8 Å². The van der Waals surface area contributed by atoms with Crippen LogP contribution >= 0.6 is 15.9 Å². The number of aromatic hydroxyl groups is 1. The van der Waals surface area contributed by atoms with Crippen molar-refractivity contribution in [2.45, 2.75) is 19.8 Å². The number of rotatable bonds is 5. The van der Waals surface area contributed by atoms with Gasteiger partial charge in [0.15, 0.2) is 5.75 Å². The third kappa shape index (κ3) is 3.14. The van der Waals surface area contributed by atoms with Crippen LogP contribution < -0.4 is 20.5 Å². The van der Waals surface area contributed by atoms with Crippen molar-refractivity contribution in [1.82, 2.24) is 0 Å². The van der Waals surface area contributed by atoms with Crippen molar-refractivity contribution in [3.8, 4) is 11.5 Å². The Hall–Kier alpha value is -2.34. The molecule has 1 heterocycles. The van der Waals surface area contributed by atoms with E-state index in [4.69, 9.17) is 4.74 Å². The van der Waals surface area contributed by atoms with Crippen LogP contribution in [0.5, 0.6) is 11.5 Å². The third-order valence-electron chi connectivity index (χ3n) is 4.22. The van der Waals surface area contributed by atoms with Crippen LogP contribution in [0.3, 0.4) is 0 Å². The van der Waals surface area contributed by atoms with Crippen LogP contribution in [-0.2, 0) is 0 Å². The van der Waals surface area contributed by atoms with Crippen molar-refractivity contribution in [2.75, 3.05) is 18.6 Å². The summed E-state index contributed by atoms with van der Waals surface area (Å²) in [4.78, 5) is 25.6. The number of fused-ring (bicyclic) bond motifs is 1. The van der Waals surface area contributed by atoms with E-state index in [0.717, 1.165) is 29.8 Å². The number of nitrogens with zero attached hydrogens (tertiary/aromatic N) is 1. The number of anilines is 1. The van der Waals surface area contributed by atoms with Gasteiger partial charge in [-0.25, -0.2) is 0 Å². The summed E-state index contributed by atoms with van der Waals surface area (Å²) in [5.41, 5.74) is 1.75. The lowest BCUT2D eigenvalue weighted by atomic mass is 10.0. The number of phenolic OH excluding ortho intramolecular Hbond substituents is 1. The zero-order valence-electron chi connectivity index (χ0n) is 14.0. The van der Waals surface area contributed by atoms with Gasteiger partial charge in [0.05, 0.1) is 16.6 Å². The second-order valence-corrected chi connectivity index (χ2v) is 6.78. The van der Waals surface area contributed by atoms with Crippen LogP contribution in [0.15, 0.2) is 38.0 Å². The van der Waals surface area contributed by atoms with Gasteiger partial charge < -0.3 is 14.7 Å². The minimum atomic E-state index is -0.557. The first-order valence-corrected chi connectivity index (χ1v) is 8.85. The molecule has 0 saturated carbocycles. The number of halogens is 1. The van der Waals surface area contributed by atoms with Gasteiger partial charge in [-0.15, -0.1) is 0 Å². The van der Waals surface area contributed by atoms with E-state index in [1.54, 1.807) is 12.1 Å². The Morgan fingerprint density at radius 2 is 2.00 bits per heavy atom. The molecule has 0 atom stereocenters. The van der Waals surface area contributed by atoms with Crippen LogP contribution in [0.25, 0.3) is 12.2 Å². The number of ether oxygens (including phenoxy) is 1. The lowest BCUT2D eigenvalue weighted by Gasteiger charge is -2.27. The minimum absolute atomic E-state index is 0.158. The van der Waals surface area contributed by atoms with Gasteiger partial charge in [0.2, 0.25) is 5.43 Å². The van der Waals surface area contributed by atoms with Gasteiger partial charge in [-0.2, -0.15) is 0 Å². The summed E-state index contributed by atoms with van der Waals surface area (Å²) in [7, 11) is 1.86. The van der Waals surface area contributed by atoms with Crippen molar-refractivity contribution in [3.63, 3.8) is 0 Å². The van der Waals surface area contributed by atoms with Crippen LogP contribution in [0.1, 0.15) is 30.9 Å². The van der Waals surface area contributed by atoms with Crippen molar-refractivity contribution in [1.29, 1.82) is 0 Å². The third-order valence-corrected chi connectivity index (χ3v) is 4.85. The number of benzene rings is 1. The molecule has 0 saturated heterocycles. The Balaban J connectivity index is 1.94. The summed E-state index contributed by atoms with van der Waals surface area (Å²) in [6.07, 6.45) is 7.15. The molecule has 0 unspecified atom stereocenters. The van der Waals surface area contributed by atoms with E-state index in [9.17, 15) is 14.7 Å². The molecule has 0 bridgehead atoms. The molecule has 2 aromatic carbocycles. The Labute approximate surface area is 153 Å². The van der Waals surface area contributed by atoms with Crippen LogP contribution in [0.4, 0.5) is 5.69 Å². The summed E-state index contributed by atoms with van der Waals surface area (Å²) in [5, 5.41) is 9.80. The second kappa shape index (κ2) is 6.88. The molecular weight excluding hydrogens is 386 g/mol. The molecule has 25 heavy (non-hydrogen) atoms. The summed E-state index contributed by atoms with van der Waals surface area (Å²) < 4.78 is 6.06. The van der Waals surface area contributed by atoms with E-state index >= 15 is 0 Å². The maximum absolute atomic E-state index is 11.9. The van der Waals surface area contributed by atoms with Crippen molar-refractivity contribution < 1.29 is 9.84 Å². The van der Waals surface area contributed by atoms with E-state index in [-0.39, 0.29) is 11.5 Å². The lowest BCUT2D eigenvalue weighted by Crippen LogP contribution is -2.36. The second-order valence-electron chi connectivity index (χ2n) is 5.93. The Morgan fingerprint density at radius 3 is 2.72 bits per heavy atom. The Morgan fingerprint density at radius 1 is 1.24 bits per heavy atom. The number of phenols is 1. The van der Waals surface area contributed by atoms with Gasteiger partial charge in [0.1, 0.15) is 5.75 Å².